The van der Waals surface area contributed by atoms with E-state index in [1.807, 2.05) is 63.0 Å². The Balaban J connectivity index is 1.19. The zero-order chi connectivity index (χ0) is 31.6. The molecule has 0 aliphatic carbocycles. The van der Waals surface area contributed by atoms with Gasteiger partial charge in [-0.05, 0) is 62.9 Å². The Morgan fingerprint density at radius 3 is 2.59 bits per heavy atom. The van der Waals surface area contributed by atoms with Crippen LogP contribution in [0.4, 0.5) is 4.79 Å². The number of nitrogens with zero attached hydrogens (tertiary/aromatic N) is 6. The molecule has 10 nitrogen and oxygen atoms in total. The van der Waals surface area contributed by atoms with Gasteiger partial charge in [-0.2, -0.15) is 5.10 Å². The minimum atomic E-state index is -0.514. The summed E-state index contributed by atoms with van der Waals surface area (Å²) in [4.78, 5) is 41.3. The molecule has 1 N–H and O–H groups in total. The van der Waals surface area contributed by atoms with Crippen LogP contribution in [0.5, 0.6) is 0 Å². The lowest BCUT2D eigenvalue weighted by atomic mass is 9.98. The number of ether oxygens (including phenoxy) is 1. The number of hydrogen-bond donors (Lipinski definition) is 1. The molecule has 4 aromatic rings. The predicted molar refractivity (Wildman–Crippen MR) is 171 cm³/mol. The first-order valence-electron chi connectivity index (χ1n) is 14.9. The number of nitrogens with one attached hydrogen (secondary N) is 1. The number of aryl methyl sites for hydroxylation is 1. The van der Waals surface area contributed by atoms with Crippen LogP contribution in [0.1, 0.15) is 91.2 Å². The molecule has 44 heavy (non-hydrogen) atoms. The maximum Gasteiger partial charge on any atom is 0.410 e. The summed E-state index contributed by atoms with van der Waals surface area (Å²) in [6.07, 6.45) is 8.39. The largest absolute Gasteiger partial charge is 0.444 e. The van der Waals surface area contributed by atoms with E-state index in [2.05, 4.69) is 47.2 Å². The molecule has 0 bridgehead atoms. The predicted octanol–water partition coefficient (Wildman–Crippen LogP) is 6.11. The summed E-state index contributed by atoms with van der Waals surface area (Å²) in [5.41, 5.74) is 4.35. The molecule has 0 spiro atoms. The minimum absolute atomic E-state index is 0.0823. The Bertz CT molecular complexity index is 1650. The second kappa shape index (κ2) is 12.5. The van der Waals surface area contributed by atoms with Crippen molar-refractivity contribution in [2.24, 2.45) is 0 Å². The maximum absolute atomic E-state index is 12.7. The highest BCUT2D eigenvalue weighted by Crippen LogP contribution is 2.27. The fraction of sp³-hybridized carbons (Fsp3) is 0.455. The van der Waals surface area contributed by atoms with Gasteiger partial charge in [0.25, 0.3) is 5.91 Å². The summed E-state index contributed by atoms with van der Waals surface area (Å²) >= 11 is 1.44. The molecule has 1 aliphatic rings. The smallest absolute Gasteiger partial charge is 0.410 e. The SMILES string of the molecule is Cc1cc(-c2ccnc(Cc3cnn([C@@H]4CCN(C(=O)OC(C)(C)C)C4)c3)n2)ccc1CNC(=O)c1cnc(C(C)(C)C)s1. The Morgan fingerprint density at radius 2 is 1.89 bits per heavy atom. The highest BCUT2D eigenvalue weighted by Gasteiger charge is 2.31. The summed E-state index contributed by atoms with van der Waals surface area (Å²) in [5.74, 6) is 0.593. The number of carbonyl (C=O) groups excluding carboxylic acids is 2. The molecule has 1 aliphatic heterocycles. The van der Waals surface area contributed by atoms with Crippen LogP contribution in [0.15, 0.2) is 49.1 Å². The van der Waals surface area contributed by atoms with Crippen LogP contribution in [0.3, 0.4) is 0 Å². The number of aromatic nitrogens is 5. The summed E-state index contributed by atoms with van der Waals surface area (Å²) < 4.78 is 7.46. The molecule has 11 heteroatoms. The average molecular weight is 616 g/mol. The first-order chi connectivity index (χ1) is 20.7. The molecule has 0 radical (unpaired) electrons. The van der Waals surface area contributed by atoms with Crippen LogP contribution in [0.2, 0.25) is 0 Å². The molecular formula is C33H41N7O3S. The molecule has 0 unspecified atom stereocenters. The Labute approximate surface area is 262 Å². The van der Waals surface area contributed by atoms with Gasteiger partial charge in [-0.1, -0.05) is 32.9 Å². The van der Waals surface area contributed by atoms with E-state index in [9.17, 15) is 9.59 Å². The van der Waals surface area contributed by atoms with E-state index in [0.29, 0.717) is 36.8 Å². The molecule has 1 saturated heterocycles. The normalized spacial score (nSPS) is 15.4. The van der Waals surface area contributed by atoms with Crippen LogP contribution in [0.25, 0.3) is 11.3 Å². The van der Waals surface area contributed by atoms with Crippen molar-refractivity contribution in [3.63, 3.8) is 0 Å². The molecule has 4 heterocycles. The van der Waals surface area contributed by atoms with Crippen LogP contribution in [0, 0.1) is 6.92 Å². The van der Waals surface area contributed by atoms with Gasteiger partial charge in [-0.3, -0.25) is 9.48 Å². The van der Waals surface area contributed by atoms with Crippen molar-refractivity contribution in [2.45, 2.75) is 84.9 Å². The van der Waals surface area contributed by atoms with E-state index < -0.39 is 5.60 Å². The number of rotatable bonds is 7. The number of likely N-dealkylation sites (tertiary alicyclic amines) is 1. The lowest BCUT2D eigenvalue weighted by Gasteiger charge is -2.24. The van der Waals surface area contributed by atoms with Gasteiger partial charge >= 0.3 is 6.09 Å². The average Bonchev–Trinajstić information content (AvgIpc) is 3.72. The Kier molecular flexibility index (Phi) is 8.88. The van der Waals surface area contributed by atoms with Crippen molar-refractivity contribution in [1.82, 2.24) is 34.9 Å². The third-order valence-corrected chi connectivity index (χ3v) is 8.78. The zero-order valence-corrected chi connectivity index (χ0v) is 27.4. The van der Waals surface area contributed by atoms with Crippen molar-refractivity contribution < 1.29 is 14.3 Å². The zero-order valence-electron chi connectivity index (χ0n) is 26.5. The minimum Gasteiger partial charge on any atom is -0.444 e. The summed E-state index contributed by atoms with van der Waals surface area (Å²) in [7, 11) is 0. The van der Waals surface area contributed by atoms with Gasteiger partial charge in [-0.15, -0.1) is 11.3 Å². The van der Waals surface area contributed by atoms with E-state index in [0.717, 1.165) is 39.4 Å². The topological polar surface area (TPSA) is 115 Å². The van der Waals surface area contributed by atoms with Gasteiger partial charge in [0.2, 0.25) is 0 Å². The molecule has 2 amide bonds. The highest BCUT2D eigenvalue weighted by molar-refractivity contribution is 7.13. The van der Waals surface area contributed by atoms with Crippen molar-refractivity contribution in [3.05, 3.63) is 81.5 Å². The van der Waals surface area contributed by atoms with Crippen molar-refractivity contribution in [3.8, 4) is 11.3 Å². The molecular weight excluding hydrogens is 574 g/mol. The van der Waals surface area contributed by atoms with E-state index in [-0.39, 0.29) is 23.5 Å². The van der Waals surface area contributed by atoms with Gasteiger partial charge in [-0.25, -0.2) is 19.7 Å². The standard InChI is InChI=1S/C33H41N7O3S/c1-21-14-23(8-9-24(21)17-35-29(41)27-18-36-30(44-27)32(2,3)4)26-10-12-34-28(38-26)15-22-16-37-40(19-22)25-11-13-39(20-25)31(42)43-33(5,6)7/h8-10,12,14,16,18-19,25H,11,13,15,17,20H2,1-7H3,(H,35,41)/t25-/m1/s1. The number of carbonyl (C=O) groups is 2. The van der Waals surface area contributed by atoms with Crippen molar-refractivity contribution in [1.29, 1.82) is 0 Å². The monoisotopic (exact) mass is 615 g/mol. The number of benzene rings is 1. The second-order valence-electron chi connectivity index (χ2n) is 13.3. The third kappa shape index (κ3) is 7.68. The first kappa shape index (κ1) is 31.3. The van der Waals surface area contributed by atoms with Crippen molar-refractivity contribution >= 4 is 23.3 Å². The van der Waals surface area contributed by atoms with Crippen LogP contribution >= 0.6 is 11.3 Å². The molecule has 232 valence electrons. The number of amides is 2. The number of hydrogen-bond acceptors (Lipinski definition) is 8. The molecule has 1 atom stereocenters. The quantitative estimate of drug-likeness (QED) is 0.267. The van der Waals surface area contributed by atoms with Gasteiger partial charge in [0.1, 0.15) is 16.3 Å². The highest BCUT2D eigenvalue weighted by atomic mass is 32.1. The molecule has 3 aromatic heterocycles. The van der Waals surface area contributed by atoms with E-state index >= 15 is 0 Å². The van der Waals surface area contributed by atoms with Gasteiger partial charge in [0.15, 0.2) is 0 Å². The van der Waals surface area contributed by atoms with E-state index in [1.54, 1.807) is 17.3 Å². The Hall–Kier alpha value is -4.12. The summed E-state index contributed by atoms with van der Waals surface area (Å²) in [6.45, 7) is 15.6. The van der Waals surface area contributed by atoms with Crippen LogP contribution in [-0.4, -0.2) is 60.3 Å². The summed E-state index contributed by atoms with van der Waals surface area (Å²) in [6, 6.07) is 8.17. The number of thiazole rings is 1. The summed E-state index contributed by atoms with van der Waals surface area (Å²) in [5, 5.41) is 8.55. The lowest BCUT2D eigenvalue weighted by molar-refractivity contribution is 0.0288. The second-order valence-corrected chi connectivity index (χ2v) is 14.4. The molecule has 5 rings (SSSR count). The fourth-order valence-electron chi connectivity index (χ4n) is 4.99. The maximum atomic E-state index is 12.7. The van der Waals surface area contributed by atoms with Gasteiger partial charge in [0.05, 0.1) is 29.1 Å². The van der Waals surface area contributed by atoms with Crippen LogP contribution < -0.4 is 5.32 Å². The van der Waals surface area contributed by atoms with E-state index in [1.165, 1.54) is 11.3 Å². The third-order valence-electron chi connectivity index (χ3n) is 7.36. The van der Waals surface area contributed by atoms with Gasteiger partial charge < -0.3 is 15.0 Å². The molecule has 1 fully saturated rings. The molecule has 0 saturated carbocycles. The van der Waals surface area contributed by atoms with E-state index in [4.69, 9.17) is 9.72 Å². The Morgan fingerprint density at radius 1 is 1.09 bits per heavy atom. The first-order valence-corrected chi connectivity index (χ1v) is 15.7. The van der Waals surface area contributed by atoms with Crippen LogP contribution in [-0.2, 0) is 23.1 Å². The lowest BCUT2D eigenvalue weighted by Crippen LogP contribution is -2.35. The van der Waals surface area contributed by atoms with Crippen molar-refractivity contribution in [2.75, 3.05) is 13.1 Å². The fourth-order valence-corrected chi connectivity index (χ4v) is 5.88. The molecule has 1 aromatic carbocycles. The van der Waals surface area contributed by atoms with Gasteiger partial charge in [0, 0.05) is 49.4 Å².